The predicted molar refractivity (Wildman–Crippen MR) is 67.9 cm³/mol. The van der Waals surface area contributed by atoms with E-state index in [1.807, 2.05) is 19.3 Å². The fraction of sp³-hybridized carbons (Fsp3) is 0.545. The standard InChI is InChI=1S/C11H17N3O2S/c1-12-8-10-9-13-3-2-11(10)14-4-6-17(15,16)7-5-14/h2-3,9,12H,4-8H2,1H3. The molecule has 1 saturated heterocycles. The first-order chi connectivity index (χ1) is 8.12. The number of nitrogens with one attached hydrogen (secondary N) is 1. The Labute approximate surface area is 102 Å². The summed E-state index contributed by atoms with van der Waals surface area (Å²) < 4.78 is 22.8. The largest absolute Gasteiger partial charge is 0.369 e. The van der Waals surface area contributed by atoms with Crippen LogP contribution in [-0.4, -0.2) is 45.0 Å². The normalized spacial score (nSPS) is 19.2. The first kappa shape index (κ1) is 12.3. The van der Waals surface area contributed by atoms with Crippen LogP contribution < -0.4 is 10.2 Å². The van der Waals surface area contributed by atoms with Gasteiger partial charge in [-0.3, -0.25) is 4.98 Å². The van der Waals surface area contributed by atoms with E-state index >= 15 is 0 Å². The Kier molecular flexibility index (Phi) is 3.63. The molecule has 2 rings (SSSR count). The quantitative estimate of drug-likeness (QED) is 0.826. The van der Waals surface area contributed by atoms with Crippen molar-refractivity contribution in [2.45, 2.75) is 6.54 Å². The van der Waals surface area contributed by atoms with Crippen LogP contribution in [0.2, 0.25) is 0 Å². The first-order valence-electron chi connectivity index (χ1n) is 5.65. The average molecular weight is 255 g/mol. The molecule has 1 aromatic rings. The van der Waals surface area contributed by atoms with E-state index < -0.39 is 9.84 Å². The Morgan fingerprint density at radius 1 is 1.41 bits per heavy atom. The first-order valence-corrected chi connectivity index (χ1v) is 7.47. The average Bonchev–Trinajstić information content (AvgIpc) is 2.31. The molecule has 5 nitrogen and oxygen atoms in total. The highest BCUT2D eigenvalue weighted by atomic mass is 32.2. The van der Waals surface area contributed by atoms with Crippen LogP contribution in [0.1, 0.15) is 5.56 Å². The van der Waals surface area contributed by atoms with E-state index in [-0.39, 0.29) is 11.5 Å². The van der Waals surface area contributed by atoms with Crippen LogP contribution >= 0.6 is 0 Å². The highest BCUT2D eigenvalue weighted by molar-refractivity contribution is 7.91. The molecule has 0 spiro atoms. The number of anilines is 1. The van der Waals surface area contributed by atoms with E-state index in [1.54, 1.807) is 6.20 Å². The van der Waals surface area contributed by atoms with Gasteiger partial charge >= 0.3 is 0 Å². The monoisotopic (exact) mass is 255 g/mol. The Bertz CT molecular complexity index is 473. The van der Waals surface area contributed by atoms with E-state index in [9.17, 15) is 8.42 Å². The highest BCUT2D eigenvalue weighted by Gasteiger charge is 2.22. The van der Waals surface area contributed by atoms with Gasteiger partial charge in [0.2, 0.25) is 0 Å². The molecule has 0 saturated carbocycles. The molecule has 1 fully saturated rings. The van der Waals surface area contributed by atoms with Crippen molar-refractivity contribution in [1.29, 1.82) is 0 Å². The minimum Gasteiger partial charge on any atom is -0.369 e. The van der Waals surface area contributed by atoms with Crippen molar-refractivity contribution < 1.29 is 8.42 Å². The van der Waals surface area contributed by atoms with Gasteiger partial charge in [-0.1, -0.05) is 0 Å². The van der Waals surface area contributed by atoms with E-state index in [1.165, 1.54) is 0 Å². The molecule has 2 heterocycles. The number of rotatable bonds is 3. The van der Waals surface area contributed by atoms with Crippen LogP contribution in [0.25, 0.3) is 0 Å². The zero-order chi connectivity index (χ0) is 12.3. The lowest BCUT2D eigenvalue weighted by Crippen LogP contribution is -2.40. The van der Waals surface area contributed by atoms with Crippen LogP contribution in [0.15, 0.2) is 18.5 Å². The van der Waals surface area contributed by atoms with Gasteiger partial charge < -0.3 is 10.2 Å². The second-order valence-corrected chi connectivity index (χ2v) is 6.48. The molecular weight excluding hydrogens is 238 g/mol. The SMILES string of the molecule is CNCc1cnccc1N1CCS(=O)(=O)CC1. The zero-order valence-electron chi connectivity index (χ0n) is 9.89. The van der Waals surface area contributed by atoms with Gasteiger partial charge in [0.05, 0.1) is 11.5 Å². The molecular formula is C11H17N3O2S. The number of hydrogen-bond donors (Lipinski definition) is 1. The van der Waals surface area contributed by atoms with E-state index in [0.717, 1.165) is 17.8 Å². The molecule has 1 N–H and O–H groups in total. The van der Waals surface area contributed by atoms with Crippen molar-refractivity contribution in [3.8, 4) is 0 Å². The smallest absolute Gasteiger partial charge is 0.153 e. The second kappa shape index (κ2) is 5.01. The van der Waals surface area contributed by atoms with Crippen LogP contribution in [-0.2, 0) is 16.4 Å². The lowest BCUT2D eigenvalue weighted by atomic mass is 10.2. The van der Waals surface area contributed by atoms with Gasteiger partial charge in [0, 0.05) is 43.3 Å². The summed E-state index contributed by atoms with van der Waals surface area (Å²) in [7, 11) is -0.935. The molecule has 94 valence electrons. The lowest BCUT2D eigenvalue weighted by Gasteiger charge is -2.30. The molecule has 0 amide bonds. The Hall–Kier alpha value is -1.14. The molecule has 0 unspecified atom stereocenters. The van der Waals surface area contributed by atoms with Gasteiger partial charge in [-0.2, -0.15) is 0 Å². The van der Waals surface area contributed by atoms with Gasteiger partial charge in [-0.05, 0) is 13.1 Å². The Balaban J connectivity index is 2.18. The minimum atomic E-state index is -2.82. The molecule has 0 aliphatic carbocycles. The van der Waals surface area contributed by atoms with Crippen LogP contribution in [0.4, 0.5) is 5.69 Å². The van der Waals surface area contributed by atoms with Crippen LogP contribution in [0.5, 0.6) is 0 Å². The third-order valence-electron chi connectivity index (χ3n) is 2.93. The second-order valence-electron chi connectivity index (χ2n) is 4.17. The molecule has 0 atom stereocenters. The van der Waals surface area contributed by atoms with Gasteiger partial charge in [0.1, 0.15) is 0 Å². The summed E-state index contributed by atoms with van der Waals surface area (Å²) in [6, 6.07) is 1.95. The van der Waals surface area contributed by atoms with E-state index in [4.69, 9.17) is 0 Å². The third kappa shape index (κ3) is 2.95. The van der Waals surface area contributed by atoms with Crippen LogP contribution in [0, 0.1) is 0 Å². The van der Waals surface area contributed by atoms with Gasteiger partial charge in [0.25, 0.3) is 0 Å². The number of aromatic nitrogens is 1. The lowest BCUT2D eigenvalue weighted by molar-refractivity contribution is 0.586. The molecule has 6 heteroatoms. The van der Waals surface area contributed by atoms with E-state index in [0.29, 0.717) is 13.1 Å². The summed E-state index contributed by atoms with van der Waals surface area (Å²) in [5.41, 5.74) is 2.19. The number of pyridine rings is 1. The number of hydrogen-bond acceptors (Lipinski definition) is 5. The predicted octanol–water partition coefficient (Wildman–Crippen LogP) is 0.0358. The topological polar surface area (TPSA) is 62.3 Å². The maximum Gasteiger partial charge on any atom is 0.153 e. The fourth-order valence-electron chi connectivity index (χ4n) is 2.01. The van der Waals surface area contributed by atoms with Crippen molar-refractivity contribution in [2.75, 3.05) is 36.5 Å². The summed E-state index contributed by atoms with van der Waals surface area (Å²) in [5.74, 6) is 0.489. The van der Waals surface area contributed by atoms with Gasteiger partial charge in [-0.15, -0.1) is 0 Å². The minimum absolute atomic E-state index is 0.244. The molecule has 0 radical (unpaired) electrons. The van der Waals surface area contributed by atoms with Gasteiger partial charge in [-0.25, -0.2) is 8.42 Å². The zero-order valence-corrected chi connectivity index (χ0v) is 10.7. The van der Waals surface area contributed by atoms with Crippen molar-refractivity contribution in [1.82, 2.24) is 10.3 Å². The number of nitrogens with zero attached hydrogens (tertiary/aromatic N) is 2. The maximum absolute atomic E-state index is 11.4. The summed E-state index contributed by atoms with van der Waals surface area (Å²) in [6.45, 7) is 1.89. The fourth-order valence-corrected chi connectivity index (χ4v) is 3.21. The van der Waals surface area contributed by atoms with Crippen molar-refractivity contribution >= 4 is 15.5 Å². The molecule has 0 bridgehead atoms. The van der Waals surface area contributed by atoms with Crippen molar-refractivity contribution in [3.63, 3.8) is 0 Å². The van der Waals surface area contributed by atoms with E-state index in [2.05, 4.69) is 15.2 Å². The maximum atomic E-state index is 11.4. The highest BCUT2D eigenvalue weighted by Crippen LogP contribution is 2.21. The molecule has 1 aliphatic heterocycles. The van der Waals surface area contributed by atoms with Gasteiger partial charge in [0.15, 0.2) is 9.84 Å². The summed E-state index contributed by atoms with van der Waals surface area (Å²) in [5, 5.41) is 3.09. The Morgan fingerprint density at radius 2 is 2.12 bits per heavy atom. The molecule has 1 aliphatic rings. The van der Waals surface area contributed by atoms with Crippen molar-refractivity contribution in [3.05, 3.63) is 24.0 Å². The molecule has 1 aromatic heterocycles. The van der Waals surface area contributed by atoms with Crippen LogP contribution in [0.3, 0.4) is 0 Å². The Morgan fingerprint density at radius 3 is 2.76 bits per heavy atom. The molecule has 17 heavy (non-hydrogen) atoms. The molecule has 0 aromatic carbocycles. The third-order valence-corrected chi connectivity index (χ3v) is 4.54. The number of sulfone groups is 1. The summed E-state index contributed by atoms with van der Waals surface area (Å²) in [4.78, 5) is 6.22. The van der Waals surface area contributed by atoms with Crippen molar-refractivity contribution in [2.24, 2.45) is 0 Å². The summed E-state index contributed by atoms with van der Waals surface area (Å²) >= 11 is 0. The summed E-state index contributed by atoms with van der Waals surface area (Å²) in [6.07, 6.45) is 3.58.